The number of nitrogens with zero attached hydrogens (tertiary/aromatic N) is 2. The molecule has 144 valence electrons. The van der Waals surface area contributed by atoms with Crippen LogP contribution >= 0.6 is 0 Å². The number of benzene rings is 2. The Hall–Kier alpha value is -2.29. The van der Waals surface area contributed by atoms with Crippen molar-refractivity contribution in [1.29, 1.82) is 0 Å². The Labute approximate surface area is 158 Å². The molecule has 1 amide bonds. The monoisotopic (exact) mass is 391 g/mol. The maximum atomic E-state index is 12.9. The van der Waals surface area contributed by atoms with E-state index < -0.39 is 15.8 Å². The molecule has 0 aliphatic carbocycles. The Morgan fingerprint density at radius 3 is 2.22 bits per heavy atom. The Kier molecular flexibility index (Phi) is 6.20. The van der Waals surface area contributed by atoms with Crippen molar-refractivity contribution in [3.8, 4) is 0 Å². The molecule has 0 atom stereocenters. The lowest BCUT2D eigenvalue weighted by molar-refractivity contribution is -0.131. The van der Waals surface area contributed by atoms with Crippen LogP contribution in [0.15, 0.2) is 59.5 Å². The van der Waals surface area contributed by atoms with Gasteiger partial charge in [-0.05, 0) is 29.8 Å². The minimum absolute atomic E-state index is 0.0654. The molecule has 2 aromatic rings. The summed E-state index contributed by atoms with van der Waals surface area (Å²) in [6.45, 7) is 3.13. The summed E-state index contributed by atoms with van der Waals surface area (Å²) in [5.74, 6) is -0.779. The van der Waals surface area contributed by atoms with Crippen LogP contribution in [-0.2, 0) is 21.4 Å². The van der Waals surface area contributed by atoms with Crippen LogP contribution < -0.4 is 4.72 Å². The summed E-state index contributed by atoms with van der Waals surface area (Å²) in [4.78, 5) is 16.2. The van der Waals surface area contributed by atoms with Crippen molar-refractivity contribution in [2.75, 3.05) is 32.7 Å². The standard InChI is InChI=1S/C19H22FN3O3S/c20-17-6-8-18(9-7-17)27(25,26)21-14-19(24)23-12-10-22(11-13-23)15-16-4-2-1-3-5-16/h1-9,21H,10-15H2. The molecule has 1 saturated heterocycles. The highest BCUT2D eigenvalue weighted by Gasteiger charge is 2.23. The van der Waals surface area contributed by atoms with Crippen molar-refractivity contribution in [2.24, 2.45) is 0 Å². The van der Waals surface area contributed by atoms with Crippen LogP contribution in [0.1, 0.15) is 5.56 Å². The molecule has 1 fully saturated rings. The normalized spacial score (nSPS) is 15.7. The zero-order valence-electron chi connectivity index (χ0n) is 14.8. The first-order valence-electron chi connectivity index (χ1n) is 8.73. The molecule has 1 aliphatic heterocycles. The zero-order chi connectivity index (χ0) is 19.3. The van der Waals surface area contributed by atoms with E-state index in [0.717, 1.165) is 31.8 Å². The van der Waals surface area contributed by atoms with E-state index in [1.165, 1.54) is 17.7 Å². The summed E-state index contributed by atoms with van der Waals surface area (Å²) in [6, 6.07) is 14.6. The first kappa shape index (κ1) is 19.5. The number of hydrogen-bond acceptors (Lipinski definition) is 4. The fourth-order valence-corrected chi connectivity index (χ4v) is 3.94. The maximum absolute atomic E-state index is 12.9. The van der Waals surface area contributed by atoms with E-state index >= 15 is 0 Å². The molecule has 0 radical (unpaired) electrons. The highest BCUT2D eigenvalue weighted by Crippen LogP contribution is 2.11. The Bertz CT molecular complexity index is 865. The van der Waals surface area contributed by atoms with Crippen LogP contribution in [0.2, 0.25) is 0 Å². The number of carbonyl (C=O) groups excluding carboxylic acids is 1. The van der Waals surface area contributed by atoms with Crippen molar-refractivity contribution in [3.05, 3.63) is 66.0 Å². The molecule has 8 heteroatoms. The number of piperazine rings is 1. The largest absolute Gasteiger partial charge is 0.339 e. The van der Waals surface area contributed by atoms with Gasteiger partial charge in [0.25, 0.3) is 0 Å². The minimum atomic E-state index is -3.84. The highest BCUT2D eigenvalue weighted by atomic mass is 32.2. The van der Waals surface area contributed by atoms with Gasteiger partial charge in [-0.3, -0.25) is 9.69 Å². The lowest BCUT2D eigenvalue weighted by atomic mass is 10.2. The third-order valence-electron chi connectivity index (χ3n) is 4.51. The molecule has 1 heterocycles. The Morgan fingerprint density at radius 1 is 0.963 bits per heavy atom. The number of hydrogen-bond donors (Lipinski definition) is 1. The van der Waals surface area contributed by atoms with Crippen molar-refractivity contribution in [3.63, 3.8) is 0 Å². The van der Waals surface area contributed by atoms with E-state index in [2.05, 4.69) is 21.8 Å². The van der Waals surface area contributed by atoms with Crippen LogP contribution in [-0.4, -0.2) is 56.8 Å². The topological polar surface area (TPSA) is 69.7 Å². The number of amides is 1. The molecule has 1 N–H and O–H groups in total. The summed E-state index contributed by atoms with van der Waals surface area (Å²) in [5, 5.41) is 0. The fourth-order valence-electron chi connectivity index (χ4n) is 2.96. The van der Waals surface area contributed by atoms with Gasteiger partial charge in [0.1, 0.15) is 5.82 Å². The Morgan fingerprint density at radius 2 is 1.59 bits per heavy atom. The highest BCUT2D eigenvalue weighted by molar-refractivity contribution is 7.89. The van der Waals surface area contributed by atoms with Gasteiger partial charge in [0.2, 0.25) is 15.9 Å². The second-order valence-electron chi connectivity index (χ2n) is 6.42. The van der Waals surface area contributed by atoms with Gasteiger partial charge in [0.05, 0.1) is 11.4 Å². The maximum Gasteiger partial charge on any atom is 0.241 e. The summed E-state index contributed by atoms with van der Waals surface area (Å²) in [6.07, 6.45) is 0. The van der Waals surface area contributed by atoms with Crippen LogP contribution in [0.4, 0.5) is 4.39 Å². The molecule has 27 heavy (non-hydrogen) atoms. The quantitative estimate of drug-likeness (QED) is 0.809. The molecule has 1 aliphatic rings. The number of sulfonamides is 1. The average molecular weight is 391 g/mol. The van der Waals surface area contributed by atoms with E-state index in [1.807, 2.05) is 18.2 Å². The zero-order valence-corrected chi connectivity index (χ0v) is 15.7. The lowest BCUT2D eigenvalue weighted by Crippen LogP contribution is -2.50. The number of nitrogens with one attached hydrogen (secondary N) is 1. The molecule has 0 aromatic heterocycles. The number of rotatable bonds is 6. The summed E-state index contributed by atoms with van der Waals surface area (Å²) < 4.78 is 39.6. The minimum Gasteiger partial charge on any atom is -0.339 e. The van der Waals surface area contributed by atoms with Gasteiger partial charge in [0, 0.05) is 32.7 Å². The molecule has 6 nitrogen and oxygen atoms in total. The molecular formula is C19H22FN3O3S. The van der Waals surface area contributed by atoms with Gasteiger partial charge in [-0.15, -0.1) is 0 Å². The lowest BCUT2D eigenvalue weighted by Gasteiger charge is -2.34. The first-order chi connectivity index (χ1) is 12.9. The third kappa shape index (κ3) is 5.35. The Balaban J connectivity index is 1.47. The van der Waals surface area contributed by atoms with E-state index in [9.17, 15) is 17.6 Å². The molecule has 2 aromatic carbocycles. The van der Waals surface area contributed by atoms with Crippen LogP contribution in [0.25, 0.3) is 0 Å². The second-order valence-corrected chi connectivity index (χ2v) is 8.19. The van der Waals surface area contributed by atoms with Gasteiger partial charge in [-0.25, -0.2) is 17.5 Å². The SMILES string of the molecule is O=C(CNS(=O)(=O)c1ccc(F)cc1)N1CCN(Cc2ccccc2)CC1. The van der Waals surface area contributed by atoms with E-state index in [4.69, 9.17) is 0 Å². The predicted octanol–water partition coefficient (Wildman–Crippen LogP) is 1.45. The molecule has 0 spiro atoms. The molecule has 0 saturated carbocycles. The second kappa shape index (κ2) is 8.60. The van der Waals surface area contributed by atoms with Gasteiger partial charge in [-0.2, -0.15) is 0 Å². The van der Waals surface area contributed by atoms with Crippen LogP contribution in [0.5, 0.6) is 0 Å². The van der Waals surface area contributed by atoms with Gasteiger partial charge < -0.3 is 4.90 Å². The fraction of sp³-hybridized carbons (Fsp3) is 0.316. The average Bonchev–Trinajstić information content (AvgIpc) is 2.68. The van der Waals surface area contributed by atoms with Crippen LogP contribution in [0, 0.1) is 5.82 Å². The van der Waals surface area contributed by atoms with E-state index in [1.54, 1.807) is 4.90 Å². The van der Waals surface area contributed by atoms with E-state index in [0.29, 0.717) is 13.1 Å². The van der Waals surface area contributed by atoms with E-state index in [-0.39, 0.29) is 17.3 Å². The molecular weight excluding hydrogens is 369 g/mol. The van der Waals surface area contributed by atoms with Crippen LogP contribution in [0.3, 0.4) is 0 Å². The third-order valence-corrected chi connectivity index (χ3v) is 5.93. The van der Waals surface area contributed by atoms with Crippen molar-refractivity contribution in [2.45, 2.75) is 11.4 Å². The first-order valence-corrected chi connectivity index (χ1v) is 10.2. The molecule has 0 bridgehead atoms. The van der Waals surface area contributed by atoms with Crippen molar-refractivity contribution < 1.29 is 17.6 Å². The summed E-state index contributed by atoms with van der Waals surface area (Å²) in [5.41, 5.74) is 1.23. The number of carbonyl (C=O) groups is 1. The smallest absolute Gasteiger partial charge is 0.241 e. The predicted molar refractivity (Wildman–Crippen MR) is 99.9 cm³/mol. The summed E-state index contributed by atoms with van der Waals surface area (Å²) in [7, 11) is -3.84. The molecule has 3 rings (SSSR count). The van der Waals surface area contributed by atoms with Crippen molar-refractivity contribution in [1.82, 2.24) is 14.5 Å². The molecule has 0 unspecified atom stereocenters. The van der Waals surface area contributed by atoms with Gasteiger partial charge in [-0.1, -0.05) is 30.3 Å². The summed E-state index contributed by atoms with van der Waals surface area (Å²) >= 11 is 0. The van der Waals surface area contributed by atoms with Gasteiger partial charge >= 0.3 is 0 Å². The van der Waals surface area contributed by atoms with Crippen molar-refractivity contribution >= 4 is 15.9 Å². The van der Waals surface area contributed by atoms with Gasteiger partial charge in [0.15, 0.2) is 0 Å². The number of halogens is 1.